The van der Waals surface area contributed by atoms with E-state index in [9.17, 15) is 9.59 Å². The van der Waals surface area contributed by atoms with Gasteiger partial charge >= 0.3 is 5.97 Å². The molecule has 2 aromatic carbocycles. The maximum atomic E-state index is 13.4. The molecule has 174 valence electrons. The zero-order valence-electron chi connectivity index (χ0n) is 18.5. The predicted octanol–water partition coefficient (Wildman–Crippen LogP) is 4.95. The molecule has 2 heterocycles. The maximum absolute atomic E-state index is 13.4. The third-order valence-corrected chi connectivity index (χ3v) is 6.67. The van der Waals surface area contributed by atoms with E-state index in [1.807, 2.05) is 53.4 Å². The van der Waals surface area contributed by atoms with Crippen LogP contribution in [0.2, 0.25) is 10.0 Å². The van der Waals surface area contributed by atoms with Crippen molar-refractivity contribution < 1.29 is 14.3 Å². The van der Waals surface area contributed by atoms with E-state index in [2.05, 4.69) is 0 Å². The van der Waals surface area contributed by atoms with Crippen molar-refractivity contribution in [1.29, 1.82) is 0 Å². The summed E-state index contributed by atoms with van der Waals surface area (Å²) in [5, 5.41) is 7.52. The fraction of sp³-hybridized carbons (Fsp3) is 0.400. The van der Waals surface area contributed by atoms with E-state index in [1.165, 1.54) is 0 Å². The molecule has 4 rings (SSSR count). The van der Waals surface area contributed by atoms with Gasteiger partial charge in [-0.1, -0.05) is 53.5 Å². The summed E-state index contributed by atoms with van der Waals surface area (Å²) in [6, 6.07) is 14.8. The van der Waals surface area contributed by atoms with E-state index in [4.69, 9.17) is 33.0 Å². The first-order valence-corrected chi connectivity index (χ1v) is 12.0. The lowest BCUT2D eigenvalue weighted by Crippen LogP contribution is -2.44. The van der Waals surface area contributed by atoms with E-state index >= 15 is 0 Å². The van der Waals surface area contributed by atoms with Crippen LogP contribution in [0, 0.1) is 5.92 Å². The third kappa shape index (κ3) is 5.57. The molecule has 0 aromatic heterocycles. The fourth-order valence-corrected chi connectivity index (χ4v) is 4.83. The monoisotopic (exact) mass is 487 g/mol. The minimum Gasteiger partial charge on any atom is -0.466 e. The minimum atomic E-state index is -0.244. The summed E-state index contributed by atoms with van der Waals surface area (Å²) in [4.78, 5) is 27.6. The number of esters is 1. The third-order valence-electron chi connectivity index (χ3n) is 6.09. The number of hydrogen-bond donors (Lipinski definition) is 0. The Morgan fingerprint density at radius 3 is 2.61 bits per heavy atom. The number of likely N-dealkylation sites (tertiary alicyclic amines) is 1. The topological polar surface area (TPSA) is 62.2 Å². The molecule has 0 bridgehead atoms. The SMILES string of the molecule is CCOC(=O)[C@H]1CCCN(CC(=O)N2N=C(c3ccccc3Cl)C[C@@H]2c2ccc(Cl)cc2)C1. The molecule has 0 unspecified atom stereocenters. The number of benzene rings is 2. The van der Waals surface area contributed by atoms with Gasteiger partial charge in [0.2, 0.25) is 0 Å². The number of hydrazone groups is 1. The van der Waals surface area contributed by atoms with Crippen LogP contribution in [-0.4, -0.2) is 53.7 Å². The van der Waals surface area contributed by atoms with Crippen LogP contribution in [0.4, 0.5) is 0 Å². The van der Waals surface area contributed by atoms with Crippen molar-refractivity contribution >= 4 is 40.8 Å². The van der Waals surface area contributed by atoms with E-state index in [0.29, 0.717) is 29.6 Å². The number of halogens is 2. The molecule has 2 atom stereocenters. The number of piperidine rings is 1. The molecule has 0 aliphatic carbocycles. The number of ether oxygens (including phenoxy) is 1. The highest BCUT2D eigenvalue weighted by molar-refractivity contribution is 6.34. The molecule has 2 aromatic rings. The number of carbonyl (C=O) groups excluding carboxylic acids is 2. The predicted molar refractivity (Wildman–Crippen MR) is 129 cm³/mol. The average molecular weight is 488 g/mol. The second-order valence-corrected chi connectivity index (χ2v) is 9.21. The summed E-state index contributed by atoms with van der Waals surface area (Å²) in [5.41, 5.74) is 2.56. The van der Waals surface area contributed by atoms with Crippen molar-refractivity contribution in [2.45, 2.75) is 32.2 Å². The highest BCUT2D eigenvalue weighted by atomic mass is 35.5. The van der Waals surface area contributed by atoms with Gasteiger partial charge in [-0.05, 0) is 50.1 Å². The molecule has 2 aliphatic rings. The Kier molecular flexibility index (Phi) is 7.68. The normalized spacial score (nSPS) is 21.1. The van der Waals surface area contributed by atoms with Crippen LogP contribution >= 0.6 is 23.2 Å². The van der Waals surface area contributed by atoms with Crippen LogP contribution in [0.5, 0.6) is 0 Å². The summed E-state index contributed by atoms with van der Waals surface area (Å²) < 4.78 is 5.19. The lowest BCUT2D eigenvalue weighted by molar-refractivity contribution is -0.150. The molecular weight excluding hydrogens is 461 g/mol. The Morgan fingerprint density at radius 2 is 1.88 bits per heavy atom. The van der Waals surface area contributed by atoms with Crippen LogP contribution in [0.15, 0.2) is 53.6 Å². The van der Waals surface area contributed by atoms with Crippen molar-refractivity contribution in [2.75, 3.05) is 26.2 Å². The van der Waals surface area contributed by atoms with Gasteiger partial charge in [0.25, 0.3) is 5.91 Å². The smallest absolute Gasteiger partial charge is 0.310 e. The van der Waals surface area contributed by atoms with Crippen LogP contribution in [-0.2, 0) is 14.3 Å². The Bertz CT molecular complexity index is 1040. The van der Waals surface area contributed by atoms with Crippen molar-refractivity contribution in [3.63, 3.8) is 0 Å². The Labute approximate surface area is 204 Å². The Balaban J connectivity index is 1.55. The number of nitrogens with zero attached hydrogens (tertiary/aromatic N) is 3. The summed E-state index contributed by atoms with van der Waals surface area (Å²) in [7, 11) is 0. The summed E-state index contributed by atoms with van der Waals surface area (Å²) >= 11 is 12.5. The molecule has 1 saturated heterocycles. The minimum absolute atomic E-state index is 0.110. The summed E-state index contributed by atoms with van der Waals surface area (Å²) in [6.45, 7) is 3.65. The Morgan fingerprint density at radius 1 is 1.12 bits per heavy atom. The lowest BCUT2D eigenvalue weighted by atomic mass is 9.97. The number of carbonyl (C=O) groups is 2. The first-order valence-electron chi connectivity index (χ1n) is 11.2. The molecule has 0 saturated carbocycles. The van der Waals surface area contributed by atoms with Crippen molar-refractivity contribution in [3.8, 4) is 0 Å². The average Bonchev–Trinajstić information content (AvgIpc) is 3.25. The highest BCUT2D eigenvalue weighted by Gasteiger charge is 2.35. The first-order chi connectivity index (χ1) is 16.0. The molecule has 2 aliphatic heterocycles. The van der Waals surface area contributed by atoms with Gasteiger partial charge in [0, 0.05) is 28.6 Å². The van der Waals surface area contributed by atoms with Gasteiger partial charge in [0.1, 0.15) is 0 Å². The van der Waals surface area contributed by atoms with Crippen molar-refractivity contribution in [2.24, 2.45) is 11.0 Å². The van der Waals surface area contributed by atoms with Gasteiger partial charge in [0.15, 0.2) is 0 Å². The van der Waals surface area contributed by atoms with E-state index in [0.717, 1.165) is 36.2 Å². The standard InChI is InChI=1S/C25H27Cl2N3O3/c1-2-33-25(32)18-6-5-13-29(15-18)16-24(31)30-23(17-9-11-19(26)12-10-17)14-22(28-30)20-7-3-4-8-21(20)27/h3-4,7-12,18,23H,2,5-6,13-16H2,1H3/t18-,23+/m0/s1. The van der Waals surface area contributed by atoms with E-state index in [-0.39, 0.29) is 30.4 Å². The molecule has 8 heteroatoms. The Hall–Kier alpha value is -2.41. The molecule has 0 N–H and O–H groups in total. The van der Waals surface area contributed by atoms with Crippen molar-refractivity contribution in [3.05, 3.63) is 69.7 Å². The molecular formula is C25H27Cl2N3O3. The van der Waals surface area contributed by atoms with Gasteiger partial charge in [-0.15, -0.1) is 0 Å². The molecule has 33 heavy (non-hydrogen) atoms. The van der Waals surface area contributed by atoms with E-state index in [1.54, 1.807) is 11.9 Å². The van der Waals surface area contributed by atoms with Gasteiger partial charge in [0.05, 0.1) is 30.8 Å². The summed E-state index contributed by atoms with van der Waals surface area (Å²) in [6.07, 6.45) is 2.20. The van der Waals surface area contributed by atoms with Gasteiger partial charge in [-0.2, -0.15) is 5.10 Å². The molecule has 0 spiro atoms. The van der Waals surface area contributed by atoms with Crippen LogP contribution in [0.25, 0.3) is 0 Å². The second kappa shape index (κ2) is 10.7. The number of hydrogen-bond acceptors (Lipinski definition) is 5. The van der Waals surface area contributed by atoms with Crippen LogP contribution in [0.3, 0.4) is 0 Å². The highest BCUT2D eigenvalue weighted by Crippen LogP contribution is 2.35. The molecule has 1 fully saturated rings. The number of rotatable bonds is 6. The van der Waals surface area contributed by atoms with Crippen LogP contribution < -0.4 is 0 Å². The zero-order chi connectivity index (χ0) is 23.4. The maximum Gasteiger partial charge on any atom is 0.310 e. The summed E-state index contributed by atoms with van der Waals surface area (Å²) in [5.74, 6) is -0.491. The van der Waals surface area contributed by atoms with E-state index < -0.39 is 0 Å². The van der Waals surface area contributed by atoms with Crippen molar-refractivity contribution in [1.82, 2.24) is 9.91 Å². The van der Waals surface area contributed by atoms with Gasteiger partial charge in [-0.3, -0.25) is 14.5 Å². The molecule has 1 amide bonds. The molecule has 6 nitrogen and oxygen atoms in total. The largest absolute Gasteiger partial charge is 0.466 e. The number of amides is 1. The fourth-order valence-electron chi connectivity index (χ4n) is 4.46. The van der Waals surface area contributed by atoms with Crippen LogP contribution in [0.1, 0.15) is 43.4 Å². The quantitative estimate of drug-likeness (QED) is 0.540. The lowest BCUT2D eigenvalue weighted by Gasteiger charge is -2.32. The second-order valence-electron chi connectivity index (χ2n) is 8.36. The van der Waals surface area contributed by atoms with Gasteiger partial charge < -0.3 is 4.74 Å². The zero-order valence-corrected chi connectivity index (χ0v) is 20.1. The molecule has 0 radical (unpaired) electrons. The van der Waals surface area contributed by atoms with Gasteiger partial charge in [-0.25, -0.2) is 5.01 Å². The first kappa shape index (κ1) is 23.7.